The molecule has 0 atom stereocenters. The lowest BCUT2D eigenvalue weighted by molar-refractivity contribution is -0.147. The predicted molar refractivity (Wildman–Crippen MR) is 92.0 cm³/mol. The van der Waals surface area contributed by atoms with Crippen molar-refractivity contribution >= 4 is 29.2 Å². The topological polar surface area (TPSA) is 55.6 Å². The van der Waals surface area contributed by atoms with Gasteiger partial charge in [-0.15, -0.1) is 0 Å². The van der Waals surface area contributed by atoms with Crippen LogP contribution in [0.4, 0.5) is 0 Å². The fraction of sp³-hybridized carbons (Fsp3) is 0.412. The lowest BCUT2D eigenvalue weighted by Gasteiger charge is -2.29. The van der Waals surface area contributed by atoms with Crippen LogP contribution >= 0.6 is 23.2 Å². The average molecular weight is 369 g/mol. The zero-order valence-corrected chi connectivity index (χ0v) is 14.8. The van der Waals surface area contributed by atoms with Crippen LogP contribution in [0.15, 0.2) is 28.9 Å². The van der Waals surface area contributed by atoms with Crippen molar-refractivity contribution in [3.63, 3.8) is 0 Å². The van der Waals surface area contributed by atoms with Crippen LogP contribution in [0.1, 0.15) is 18.5 Å². The van der Waals surface area contributed by atoms with E-state index in [1.807, 2.05) is 0 Å². The van der Waals surface area contributed by atoms with Gasteiger partial charge in [0.1, 0.15) is 6.26 Å². The highest BCUT2D eigenvalue weighted by molar-refractivity contribution is 6.36. The molecular formula is C17H18Cl2N2O3. The maximum absolute atomic E-state index is 11.6. The standard InChI is InChI=1S/C17H18Cl2N2O3/c1-23-17(22)11-4-6-21(7-5-11)9-13-10-24-16(20-13)14-3-2-12(18)8-15(14)19/h2-3,8,10-11H,4-7,9H2,1H3. The number of ether oxygens (including phenoxy) is 1. The van der Waals surface area contributed by atoms with Gasteiger partial charge in [-0.25, -0.2) is 4.98 Å². The summed E-state index contributed by atoms with van der Waals surface area (Å²) in [4.78, 5) is 18.3. The molecule has 0 unspecified atom stereocenters. The van der Waals surface area contributed by atoms with Gasteiger partial charge in [0.05, 0.1) is 29.3 Å². The Labute approximate surface area is 150 Å². The van der Waals surface area contributed by atoms with Gasteiger partial charge in [0.2, 0.25) is 5.89 Å². The van der Waals surface area contributed by atoms with Crippen molar-refractivity contribution in [1.29, 1.82) is 0 Å². The van der Waals surface area contributed by atoms with E-state index in [1.165, 1.54) is 7.11 Å². The molecule has 24 heavy (non-hydrogen) atoms. The zero-order chi connectivity index (χ0) is 17.1. The van der Waals surface area contributed by atoms with Crippen LogP contribution < -0.4 is 0 Å². The molecule has 7 heteroatoms. The maximum Gasteiger partial charge on any atom is 0.308 e. The number of carbonyl (C=O) groups is 1. The van der Waals surface area contributed by atoms with Gasteiger partial charge in [-0.2, -0.15) is 0 Å². The molecule has 1 aliphatic heterocycles. The van der Waals surface area contributed by atoms with Crippen molar-refractivity contribution in [3.05, 3.63) is 40.2 Å². The van der Waals surface area contributed by atoms with E-state index in [0.717, 1.165) is 37.2 Å². The number of oxazole rings is 1. The van der Waals surface area contributed by atoms with Gasteiger partial charge in [0.25, 0.3) is 0 Å². The number of carbonyl (C=O) groups excluding carboxylic acids is 1. The van der Waals surface area contributed by atoms with E-state index in [9.17, 15) is 4.79 Å². The fourth-order valence-corrected chi connectivity index (χ4v) is 3.38. The summed E-state index contributed by atoms with van der Waals surface area (Å²) in [5, 5.41) is 1.08. The number of nitrogens with zero attached hydrogens (tertiary/aromatic N) is 2. The Balaban J connectivity index is 1.62. The first-order valence-corrected chi connectivity index (χ1v) is 8.52. The third-order valence-corrected chi connectivity index (χ3v) is 4.77. The molecule has 0 spiro atoms. The minimum Gasteiger partial charge on any atom is -0.469 e. The Morgan fingerprint density at radius 2 is 2.12 bits per heavy atom. The second kappa shape index (κ2) is 7.55. The van der Waals surface area contributed by atoms with E-state index in [1.54, 1.807) is 24.5 Å². The number of methoxy groups -OCH3 is 1. The Morgan fingerprint density at radius 3 is 2.79 bits per heavy atom. The minimum atomic E-state index is -0.115. The summed E-state index contributed by atoms with van der Waals surface area (Å²) < 4.78 is 10.4. The summed E-state index contributed by atoms with van der Waals surface area (Å²) in [6.07, 6.45) is 3.26. The highest BCUT2D eigenvalue weighted by Gasteiger charge is 2.26. The van der Waals surface area contributed by atoms with Crippen LogP contribution in [0.3, 0.4) is 0 Å². The van der Waals surface area contributed by atoms with Crippen LogP contribution in [-0.4, -0.2) is 36.1 Å². The van der Waals surface area contributed by atoms with Crippen molar-refractivity contribution in [2.45, 2.75) is 19.4 Å². The highest BCUT2D eigenvalue weighted by atomic mass is 35.5. The summed E-state index contributed by atoms with van der Waals surface area (Å²) >= 11 is 12.1. The molecule has 2 heterocycles. The predicted octanol–water partition coefficient (Wildman–Crippen LogP) is 4.03. The van der Waals surface area contributed by atoms with E-state index in [4.69, 9.17) is 32.4 Å². The summed E-state index contributed by atoms with van der Waals surface area (Å²) in [6.45, 7) is 2.36. The van der Waals surface area contributed by atoms with E-state index in [2.05, 4.69) is 9.88 Å². The smallest absolute Gasteiger partial charge is 0.308 e. The van der Waals surface area contributed by atoms with Gasteiger partial charge in [0.15, 0.2) is 0 Å². The molecule has 5 nitrogen and oxygen atoms in total. The van der Waals surface area contributed by atoms with E-state index >= 15 is 0 Å². The Bertz CT molecular complexity index is 724. The molecule has 1 aliphatic rings. The molecule has 1 fully saturated rings. The molecule has 2 aromatic rings. The van der Waals surface area contributed by atoms with Gasteiger partial charge in [-0.05, 0) is 44.1 Å². The number of hydrogen-bond acceptors (Lipinski definition) is 5. The highest BCUT2D eigenvalue weighted by Crippen LogP contribution is 2.30. The lowest BCUT2D eigenvalue weighted by Crippen LogP contribution is -2.36. The lowest BCUT2D eigenvalue weighted by atomic mass is 9.97. The van der Waals surface area contributed by atoms with Crippen LogP contribution in [0.5, 0.6) is 0 Å². The molecular weight excluding hydrogens is 351 g/mol. The number of halogens is 2. The summed E-state index contributed by atoms with van der Waals surface area (Å²) in [6, 6.07) is 5.21. The molecule has 3 rings (SSSR count). The summed E-state index contributed by atoms with van der Waals surface area (Å²) in [5.41, 5.74) is 1.56. The van der Waals surface area contributed by atoms with Gasteiger partial charge in [-0.1, -0.05) is 23.2 Å². The largest absolute Gasteiger partial charge is 0.469 e. The minimum absolute atomic E-state index is 0.00648. The number of rotatable bonds is 4. The normalized spacial score (nSPS) is 16.3. The first-order valence-electron chi connectivity index (χ1n) is 7.77. The Morgan fingerprint density at radius 1 is 1.38 bits per heavy atom. The van der Waals surface area contributed by atoms with Gasteiger partial charge in [-0.3, -0.25) is 9.69 Å². The maximum atomic E-state index is 11.6. The van der Waals surface area contributed by atoms with Crippen molar-refractivity contribution in [3.8, 4) is 11.5 Å². The zero-order valence-electron chi connectivity index (χ0n) is 13.3. The first kappa shape index (κ1) is 17.3. The second-order valence-electron chi connectivity index (χ2n) is 5.84. The molecule has 0 aliphatic carbocycles. The van der Waals surface area contributed by atoms with Crippen molar-refractivity contribution in [2.24, 2.45) is 5.92 Å². The molecule has 1 aromatic heterocycles. The number of likely N-dealkylation sites (tertiary alicyclic amines) is 1. The Kier molecular flexibility index (Phi) is 5.43. The van der Waals surface area contributed by atoms with Crippen LogP contribution in [0.2, 0.25) is 10.0 Å². The van der Waals surface area contributed by atoms with E-state index < -0.39 is 0 Å². The van der Waals surface area contributed by atoms with Crippen LogP contribution in [0.25, 0.3) is 11.5 Å². The number of esters is 1. The first-order chi connectivity index (χ1) is 11.6. The number of benzene rings is 1. The molecule has 0 radical (unpaired) electrons. The van der Waals surface area contributed by atoms with E-state index in [0.29, 0.717) is 22.5 Å². The number of piperidine rings is 1. The number of hydrogen-bond donors (Lipinski definition) is 0. The molecule has 0 bridgehead atoms. The van der Waals surface area contributed by atoms with Crippen LogP contribution in [-0.2, 0) is 16.1 Å². The Hall–Kier alpha value is -1.56. The molecule has 0 N–H and O–H groups in total. The van der Waals surface area contributed by atoms with Crippen molar-refractivity contribution in [2.75, 3.05) is 20.2 Å². The van der Waals surface area contributed by atoms with Crippen molar-refractivity contribution in [1.82, 2.24) is 9.88 Å². The second-order valence-corrected chi connectivity index (χ2v) is 6.69. The molecule has 1 saturated heterocycles. The molecule has 128 valence electrons. The van der Waals surface area contributed by atoms with Gasteiger partial charge < -0.3 is 9.15 Å². The van der Waals surface area contributed by atoms with Crippen LogP contribution in [0, 0.1) is 5.92 Å². The van der Waals surface area contributed by atoms with Crippen molar-refractivity contribution < 1.29 is 13.9 Å². The third-order valence-electron chi connectivity index (χ3n) is 4.22. The average Bonchev–Trinajstić information content (AvgIpc) is 3.03. The quantitative estimate of drug-likeness (QED) is 0.762. The molecule has 0 saturated carbocycles. The van der Waals surface area contributed by atoms with Gasteiger partial charge >= 0.3 is 5.97 Å². The molecule has 1 aromatic carbocycles. The van der Waals surface area contributed by atoms with Gasteiger partial charge in [0, 0.05) is 11.6 Å². The number of aromatic nitrogens is 1. The molecule has 0 amide bonds. The monoisotopic (exact) mass is 368 g/mol. The third kappa shape index (κ3) is 3.91. The summed E-state index contributed by atoms with van der Waals surface area (Å²) in [7, 11) is 1.44. The SMILES string of the molecule is COC(=O)C1CCN(Cc2coc(-c3ccc(Cl)cc3Cl)n2)CC1. The fourth-order valence-electron chi connectivity index (χ4n) is 2.89. The van der Waals surface area contributed by atoms with E-state index in [-0.39, 0.29) is 11.9 Å². The summed E-state index contributed by atoms with van der Waals surface area (Å²) in [5.74, 6) is 0.374.